The van der Waals surface area contributed by atoms with E-state index in [0.717, 1.165) is 29.6 Å². The molecule has 266 valence electrons. The van der Waals surface area contributed by atoms with E-state index in [0.29, 0.717) is 60.1 Å². The summed E-state index contributed by atoms with van der Waals surface area (Å²) in [6.07, 6.45) is 8.36. The third-order valence-corrected chi connectivity index (χ3v) is 8.69. The number of hydrogen-bond donors (Lipinski definition) is 2. The minimum Gasteiger partial charge on any atom is -0.494 e. The fraction of sp³-hybridized carbons (Fsp3) is 0.385. The number of carbonyl (C=O) groups is 2. The minimum atomic E-state index is -1.51. The van der Waals surface area contributed by atoms with E-state index in [4.69, 9.17) is 28.4 Å². The first kappa shape index (κ1) is 38.5. The van der Waals surface area contributed by atoms with Gasteiger partial charge in [-0.3, -0.25) is 0 Å². The Morgan fingerprint density at radius 3 is 2.30 bits per heavy atom. The first-order chi connectivity index (χ1) is 24.0. The van der Waals surface area contributed by atoms with E-state index in [1.54, 1.807) is 67.8 Å². The molecule has 2 N–H and O–H groups in total. The van der Waals surface area contributed by atoms with Crippen molar-refractivity contribution < 1.29 is 48.1 Å². The second-order valence-electron chi connectivity index (χ2n) is 12.4. The zero-order valence-electron chi connectivity index (χ0n) is 29.4. The molecule has 4 rings (SSSR count). The van der Waals surface area contributed by atoms with Crippen LogP contribution < -0.4 is 10.2 Å². The van der Waals surface area contributed by atoms with Crippen molar-refractivity contribution >= 4 is 24.5 Å². The lowest BCUT2D eigenvalue weighted by Gasteiger charge is -2.27. The second kappa shape index (κ2) is 18.7. The Morgan fingerprint density at radius 1 is 0.960 bits per heavy atom. The van der Waals surface area contributed by atoms with Crippen molar-refractivity contribution in [3.8, 4) is 5.75 Å². The fourth-order valence-corrected chi connectivity index (χ4v) is 5.55. The summed E-state index contributed by atoms with van der Waals surface area (Å²) in [5.41, 5.74) is 3.66. The summed E-state index contributed by atoms with van der Waals surface area (Å²) >= 11 is 0. The normalized spacial score (nSPS) is 19.5. The molecule has 0 fully saturated rings. The number of ether oxygens (including phenoxy) is 6. The van der Waals surface area contributed by atoms with Gasteiger partial charge in [-0.05, 0) is 85.3 Å². The number of hydrogen-bond acceptors (Lipinski definition) is 10. The predicted molar refractivity (Wildman–Crippen MR) is 190 cm³/mol. The van der Waals surface area contributed by atoms with Gasteiger partial charge in [0, 0.05) is 25.4 Å². The van der Waals surface area contributed by atoms with Crippen molar-refractivity contribution in [3.05, 3.63) is 119 Å². The van der Waals surface area contributed by atoms with Crippen LogP contribution in [0, 0.1) is 11.8 Å². The van der Waals surface area contributed by atoms with Gasteiger partial charge in [-0.2, -0.15) is 0 Å². The Kier molecular flexibility index (Phi) is 14.4. The van der Waals surface area contributed by atoms with E-state index in [9.17, 15) is 19.6 Å². The van der Waals surface area contributed by atoms with E-state index >= 15 is 0 Å². The van der Waals surface area contributed by atoms with Gasteiger partial charge < -0.3 is 38.5 Å². The lowest BCUT2D eigenvalue weighted by molar-refractivity contribution is -0.135. The zero-order valence-corrected chi connectivity index (χ0v) is 29.4. The maximum Gasteiger partial charge on any atom is 0.488 e. The Hall–Kier alpha value is -4.26. The quantitative estimate of drug-likeness (QED) is 0.0703. The van der Waals surface area contributed by atoms with Crippen LogP contribution in [0.4, 0.5) is 0 Å². The van der Waals surface area contributed by atoms with Crippen LogP contribution >= 0.6 is 0 Å². The van der Waals surface area contributed by atoms with Crippen molar-refractivity contribution in [3.63, 3.8) is 0 Å². The summed E-state index contributed by atoms with van der Waals surface area (Å²) in [7, 11) is 0.0554. The van der Waals surface area contributed by atoms with Gasteiger partial charge in [-0.15, -0.1) is 0 Å². The molecule has 2 aliphatic carbocycles. The molecule has 2 aromatic carbocycles. The molecule has 50 heavy (non-hydrogen) atoms. The van der Waals surface area contributed by atoms with Gasteiger partial charge in [0.15, 0.2) is 6.29 Å². The van der Waals surface area contributed by atoms with Crippen molar-refractivity contribution in [1.29, 1.82) is 0 Å². The van der Waals surface area contributed by atoms with Crippen LogP contribution in [0.15, 0.2) is 108 Å². The molecule has 4 atom stereocenters. The summed E-state index contributed by atoms with van der Waals surface area (Å²) in [6.45, 7) is 12.7. The van der Waals surface area contributed by atoms with Gasteiger partial charge in [0.25, 0.3) is 0 Å². The van der Waals surface area contributed by atoms with Crippen LogP contribution in [0.2, 0.25) is 0 Å². The summed E-state index contributed by atoms with van der Waals surface area (Å²) in [5, 5.41) is 18.6. The Morgan fingerprint density at radius 2 is 1.66 bits per heavy atom. The Labute approximate surface area is 294 Å². The highest BCUT2D eigenvalue weighted by atomic mass is 16.7. The number of unbranched alkanes of at least 4 members (excludes halogenated alkanes) is 1. The first-order valence-corrected chi connectivity index (χ1v) is 16.8. The van der Waals surface area contributed by atoms with E-state index in [1.165, 1.54) is 0 Å². The molecular weight excluding hydrogens is 639 g/mol. The van der Waals surface area contributed by atoms with E-state index < -0.39 is 25.3 Å². The number of rotatable bonds is 17. The molecule has 0 saturated heterocycles. The van der Waals surface area contributed by atoms with E-state index in [1.807, 2.05) is 39.8 Å². The Balaban J connectivity index is 1.27. The summed E-state index contributed by atoms with van der Waals surface area (Å²) < 4.78 is 34.2. The third-order valence-electron chi connectivity index (χ3n) is 8.69. The maximum atomic E-state index is 13.2. The van der Waals surface area contributed by atoms with Crippen molar-refractivity contribution in [1.82, 2.24) is 0 Å². The number of esters is 2. The second-order valence-corrected chi connectivity index (χ2v) is 12.4. The maximum absolute atomic E-state index is 13.2. The van der Waals surface area contributed by atoms with Crippen molar-refractivity contribution in [2.24, 2.45) is 11.8 Å². The van der Waals surface area contributed by atoms with Gasteiger partial charge >= 0.3 is 19.1 Å². The van der Waals surface area contributed by atoms with Crippen molar-refractivity contribution in [2.75, 3.05) is 20.3 Å². The first-order valence-electron chi connectivity index (χ1n) is 16.8. The van der Waals surface area contributed by atoms with Crippen LogP contribution in [0.25, 0.3) is 0 Å². The number of methoxy groups -OCH3 is 1. The summed E-state index contributed by atoms with van der Waals surface area (Å²) in [4.78, 5) is 26.3. The lowest BCUT2D eigenvalue weighted by atomic mass is 9.80. The average Bonchev–Trinajstić information content (AvgIpc) is 3.11. The molecule has 11 heteroatoms. The van der Waals surface area contributed by atoms with Gasteiger partial charge in [0.2, 0.25) is 0 Å². The van der Waals surface area contributed by atoms with E-state index in [2.05, 4.69) is 6.58 Å². The SMILES string of the molecule is C=CC(OC)OCCCCOc1ccc(C(=O)OC2=C(C)C(C)=C(OC(=O)C3=CC(C)C(OCc4ccc(B(O)O)cc4)C=C3)CC2C)cc1. The largest absolute Gasteiger partial charge is 0.494 e. The topological polar surface area (TPSA) is 130 Å². The zero-order chi connectivity index (χ0) is 36.2. The van der Waals surface area contributed by atoms with Gasteiger partial charge in [-0.25, -0.2) is 9.59 Å². The van der Waals surface area contributed by atoms with Crippen LogP contribution in [0.5, 0.6) is 5.75 Å². The van der Waals surface area contributed by atoms with Gasteiger partial charge in [-0.1, -0.05) is 56.8 Å². The lowest BCUT2D eigenvalue weighted by Crippen LogP contribution is -2.29. The number of allylic oxidation sites excluding steroid dienone is 4. The molecule has 0 bridgehead atoms. The highest BCUT2D eigenvalue weighted by molar-refractivity contribution is 6.58. The molecule has 4 unspecified atom stereocenters. The van der Waals surface area contributed by atoms with Crippen LogP contribution in [-0.2, 0) is 35.1 Å². The van der Waals surface area contributed by atoms with Crippen LogP contribution in [0.1, 0.15) is 62.9 Å². The Bertz CT molecular complexity index is 1600. The number of benzene rings is 2. The third kappa shape index (κ3) is 10.6. The van der Waals surface area contributed by atoms with E-state index in [-0.39, 0.29) is 17.9 Å². The van der Waals surface area contributed by atoms with Crippen LogP contribution in [0.3, 0.4) is 0 Å². The summed E-state index contributed by atoms with van der Waals surface area (Å²) in [5.74, 6) is 0.558. The fourth-order valence-electron chi connectivity index (χ4n) is 5.55. The minimum absolute atomic E-state index is 0.0769. The smallest absolute Gasteiger partial charge is 0.488 e. The molecule has 0 spiro atoms. The van der Waals surface area contributed by atoms with Gasteiger partial charge in [0.05, 0.1) is 37.1 Å². The molecule has 0 radical (unpaired) electrons. The molecule has 0 aliphatic heterocycles. The molecule has 0 amide bonds. The highest BCUT2D eigenvalue weighted by Gasteiger charge is 2.30. The molecule has 2 aliphatic rings. The van der Waals surface area contributed by atoms with Crippen LogP contribution in [-0.4, -0.2) is 61.8 Å². The summed E-state index contributed by atoms with van der Waals surface area (Å²) in [6, 6.07) is 13.7. The molecule has 0 aromatic heterocycles. The van der Waals surface area contributed by atoms with Crippen molar-refractivity contribution in [2.45, 2.75) is 66.0 Å². The molecule has 10 nitrogen and oxygen atoms in total. The molecule has 0 heterocycles. The average molecular weight is 687 g/mol. The highest BCUT2D eigenvalue weighted by Crippen LogP contribution is 2.36. The molecule has 0 saturated carbocycles. The molecular formula is C39H47BO10. The number of carbonyl (C=O) groups excluding carboxylic acids is 2. The van der Waals surface area contributed by atoms with Gasteiger partial charge in [0.1, 0.15) is 17.3 Å². The standard InChI is InChI=1S/C39H47BO10/c1-7-36(45-6)47-21-9-8-20-46-33-17-12-30(13-18-33)38(41)50-37-26(3)23-35(27(4)28(37)5)49-39(42)31-14-19-34(25(2)22-31)48-24-29-10-15-32(16-11-29)40(43)44/h7,10-19,22,25-26,34,36,43-44H,1,8-9,20-21,23-24H2,2-6H3. The monoisotopic (exact) mass is 686 g/mol. The predicted octanol–water partition coefficient (Wildman–Crippen LogP) is 5.71. The molecule has 2 aromatic rings.